The van der Waals surface area contributed by atoms with E-state index in [0.717, 1.165) is 22.4 Å². The standard InChI is InChI=1S/C37H14B11N3O/c38-24-19-20(22-27(41)32(46)34(48)33(47)28(22)42)25(39)30(44)26(40)21(19)23(29(43)31(24)45)37-50-35(13-7-2-1-3-8-13)49-36(51-37)15-10-6-12-17-18(15)14-9-4-5-11-16(14)52-17/h1-12,17-18H. The second kappa shape index (κ2) is 12.8. The highest BCUT2D eigenvalue weighted by atomic mass is 16.5. The van der Waals surface area contributed by atoms with E-state index in [2.05, 4.69) is 0 Å². The van der Waals surface area contributed by atoms with E-state index in [1.807, 2.05) is 72.8 Å². The van der Waals surface area contributed by atoms with Crippen LogP contribution < -0.4 is 64.8 Å². The molecule has 15 heteroatoms. The summed E-state index contributed by atoms with van der Waals surface area (Å²) in [6.07, 6.45) is 5.62. The molecule has 1 aliphatic heterocycles. The number of nitrogens with zero attached hydrogens (tertiary/aromatic N) is 3. The fourth-order valence-corrected chi connectivity index (χ4v) is 7.15. The first-order valence-corrected chi connectivity index (χ1v) is 16.1. The number of rotatable bonds is 4. The number of aromatic nitrogens is 3. The third kappa shape index (κ3) is 5.10. The Labute approximate surface area is 317 Å². The Kier molecular flexibility index (Phi) is 8.47. The number of ether oxygens (including phenoxy) is 1. The van der Waals surface area contributed by atoms with Crippen molar-refractivity contribution in [1.29, 1.82) is 0 Å². The number of fused-ring (bicyclic) bond motifs is 4. The second-order valence-electron chi connectivity index (χ2n) is 12.7. The molecule has 0 saturated carbocycles. The van der Waals surface area contributed by atoms with E-state index >= 15 is 0 Å². The van der Waals surface area contributed by atoms with E-state index in [0.29, 0.717) is 11.6 Å². The Hall–Kier alpha value is -4.64. The van der Waals surface area contributed by atoms with E-state index in [-0.39, 0.29) is 105 Å². The van der Waals surface area contributed by atoms with Gasteiger partial charge < -0.3 is 4.74 Å². The lowest BCUT2D eigenvalue weighted by Crippen LogP contribution is -2.56. The third-order valence-electron chi connectivity index (χ3n) is 9.84. The van der Waals surface area contributed by atoms with Gasteiger partial charge >= 0.3 is 0 Å². The molecule has 216 valence electrons. The smallest absolute Gasteiger partial charge is 0.164 e. The third-order valence-corrected chi connectivity index (χ3v) is 9.84. The number of hydrogen-bond acceptors (Lipinski definition) is 4. The van der Waals surface area contributed by atoms with E-state index in [4.69, 9.17) is 106 Å². The van der Waals surface area contributed by atoms with Crippen LogP contribution in [0.4, 0.5) is 0 Å². The zero-order chi connectivity index (χ0) is 36.7. The molecule has 2 unspecified atom stereocenters. The average molecular weight is 635 g/mol. The SMILES string of the molecule is [B]c1c([B])c([B])c(-c2c([B])c([B])c([B])c3c(-c4nc(C5=CC=CC6Oc7ccccc7C56)nc(-c5ccccc5)n4)c([B])c([B])c([B])c23)c([B])c1[B]. The van der Waals surface area contributed by atoms with E-state index in [1.54, 1.807) is 0 Å². The summed E-state index contributed by atoms with van der Waals surface area (Å²) in [5.41, 5.74) is 3.17. The first kappa shape index (κ1) is 34.5. The zero-order valence-corrected chi connectivity index (χ0v) is 27.7. The van der Waals surface area contributed by atoms with Crippen LogP contribution in [0, 0.1) is 0 Å². The summed E-state index contributed by atoms with van der Waals surface area (Å²) in [6.45, 7) is 0. The molecular weight excluding hydrogens is 621 g/mol. The highest BCUT2D eigenvalue weighted by Gasteiger charge is 2.38. The molecule has 52 heavy (non-hydrogen) atoms. The van der Waals surface area contributed by atoms with Gasteiger partial charge in [-0.15, -0.1) is 27.3 Å². The molecule has 0 spiro atoms. The summed E-state index contributed by atoms with van der Waals surface area (Å²) in [7, 11) is 72.2. The molecule has 6 aromatic rings. The Balaban J connectivity index is 1.48. The Bertz CT molecular complexity index is 2560. The van der Waals surface area contributed by atoms with Crippen LogP contribution in [0.5, 0.6) is 5.75 Å². The van der Waals surface area contributed by atoms with Crippen molar-refractivity contribution in [3.8, 4) is 39.7 Å². The summed E-state index contributed by atoms with van der Waals surface area (Å²) in [5.74, 6) is 1.45. The van der Waals surface area contributed by atoms with Gasteiger partial charge in [0, 0.05) is 22.3 Å². The van der Waals surface area contributed by atoms with Crippen LogP contribution in [0.3, 0.4) is 0 Å². The van der Waals surface area contributed by atoms with E-state index < -0.39 is 0 Å². The quantitative estimate of drug-likeness (QED) is 0.183. The zero-order valence-electron chi connectivity index (χ0n) is 27.7. The number of allylic oxidation sites excluding steroid dienone is 2. The molecule has 2 heterocycles. The summed E-state index contributed by atoms with van der Waals surface area (Å²) in [4.78, 5) is 15.0. The second-order valence-corrected chi connectivity index (χ2v) is 12.7. The van der Waals surface area contributed by atoms with Crippen molar-refractivity contribution in [2.45, 2.75) is 12.0 Å². The number of hydrogen-bond donors (Lipinski definition) is 0. The van der Waals surface area contributed by atoms with Gasteiger partial charge in [0.1, 0.15) is 98.2 Å². The van der Waals surface area contributed by atoms with E-state index in [1.165, 1.54) is 0 Å². The van der Waals surface area contributed by atoms with Crippen molar-refractivity contribution in [2.24, 2.45) is 0 Å². The molecule has 22 radical (unpaired) electrons. The van der Waals surface area contributed by atoms with Gasteiger partial charge in [-0.2, -0.15) is 0 Å². The topological polar surface area (TPSA) is 47.9 Å². The van der Waals surface area contributed by atoms with Crippen molar-refractivity contribution >= 4 is 163 Å². The fraction of sp³-hybridized carbons (Fsp3) is 0.0541. The fourth-order valence-electron chi connectivity index (χ4n) is 7.15. The van der Waals surface area contributed by atoms with Crippen LogP contribution in [-0.2, 0) is 0 Å². The molecule has 0 amide bonds. The summed E-state index contributed by atoms with van der Waals surface area (Å²) in [6, 6.07) is 17.3. The molecule has 8 rings (SSSR count). The molecule has 5 aromatic carbocycles. The molecule has 0 N–H and O–H groups in total. The van der Waals surface area contributed by atoms with Crippen molar-refractivity contribution in [3.63, 3.8) is 0 Å². The van der Waals surface area contributed by atoms with Gasteiger partial charge in [0.05, 0.1) is 5.92 Å². The maximum Gasteiger partial charge on any atom is 0.164 e. The molecule has 1 aromatic heterocycles. The van der Waals surface area contributed by atoms with Crippen LogP contribution >= 0.6 is 0 Å². The average Bonchev–Trinajstić information content (AvgIpc) is 3.55. The summed E-state index contributed by atoms with van der Waals surface area (Å²) < 4.78 is 6.30. The predicted molar refractivity (Wildman–Crippen MR) is 224 cm³/mol. The van der Waals surface area contributed by atoms with Crippen LogP contribution in [0.2, 0.25) is 0 Å². The molecular formula is C37H14B11N3O. The molecule has 0 fully saturated rings. The van der Waals surface area contributed by atoms with Crippen molar-refractivity contribution in [3.05, 3.63) is 84.2 Å². The molecule has 2 atom stereocenters. The summed E-state index contributed by atoms with van der Waals surface area (Å²) >= 11 is 0. The van der Waals surface area contributed by atoms with Gasteiger partial charge in [0.2, 0.25) is 0 Å². The normalized spacial score (nSPS) is 16.0. The Morgan fingerprint density at radius 2 is 0.962 bits per heavy atom. The van der Waals surface area contributed by atoms with E-state index in [9.17, 15) is 0 Å². The maximum atomic E-state index is 6.84. The lowest BCUT2D eigenvalue weighted by Gasteiger charge is -2.29. The molecule has 2 aliphatic rings. The van der Waals surface area contributed by atoms with Crippen LogP contribution in [0.25, 0.3) is 50.2 Å². The minimum atomic E-state index is -0.271. The lowest BCUT2D eigenvalue weighted by atomic mass is 9.56. The Morgan fingerprint density at radius 1 is 0.462 bits per heavy atom. The monoisotopic (exact) mass is 637 g/mol. The highest BCUT2D eigenvalue weighted by molar-refractivity contribution is 6.72. The molecule has 4 nitrogen and oxygen atoms in total. The van der Waals surface area contributed by atoms with Crippen LogP contribution in [0.1, 0.15) is 17.3 Å². The van der Waals surface area contributed by atoms with Gasteiger partial charge in [0.15, 0.2) is 17.5 Å². The van der Waals surface area contributed by atoms with Crippen molar-refractivity contribution < 1.29 is 4.74 Å². The largest absolute Gasteiger partial charge is 0.485 e. The Morgan fingerprint density at radius 3 is 1.63 bits per heavy atom. The highest BCUT2D eigenvalue weighted by Crippen LogP contribution is 2.47. The van der Waals surface area contributed by atoms with Crippen LogP contribution in [-0.4, -0.2) is 107 Å². The van der Waals surface area contributed by atoms with Crippen molar-refractivity contribution in [2.75, 3.05) is 0 Å². The molecule has 0 saturated heterocycles. The lowest BCUT2D eigenvalue weighted by molar-refractivity contribution is 0.271. The van der Waals surface area contributed by atoms with Crippen molar-refractivity contribution in [1.82, 2.24) is 15.0 Å². The van der Waals surface area contributed by atoms with Gasteiger partial charge in [-0.3, -0.25) is 0 Å². The van der Waals surface area contributed by atoms with Gasteiger partial charge in [-0.05, 0) is 34.0 Å². The minimum absolute atomic E-state index is 0.000178. The number of benzene rings is 5. The van der Waals surface area contributed by atoms with Gasteiger partial charge in [-0.25, -0.2) is 15.0 Å². The van der Waals surface area contributed by atoms with Crippen LogP contribution in [0.15, 0.2) is 72.8 Å². The minimum Gasteiger partial charge on any atom is -0.485 e. The first-order chi connectivity index (χ1) is 24.9. The molecule has 0 bridgehead atoms. The maximum absolute atomic E-state index is 6.84. The predicted octanol–water partition coefficient (Wildman–Crippen LogP) is -4.74. The number of para-hydroxylation sites is 1. The first-order valence-electron chi connectivity index (χ1n) is 16.1. The summed E-state index contributed by atoms with van der Waals surface area (Å²) in [5, 5.41) is 0.480. The molecule has 1 aliphatic carbocycles. The van der Waals surface area contributed by atoms with Gasteiger partial charge in [-0.1, -0.05) is 93.5 Å². The van der Waals surface area contributed by atoms with Gasteiger partial charge in [0.25, 0.3) is 0 Å².